The van der Waals surface area contributed by atoms with Gasteiger partial charge in [0.25, 0.3) is 0 Å². The molecule has 268 valence electrons. The van der Waals surface area contributed by atoms with Crippen LogP contribution in [0.1, 0.15) is 88.6 Å². The van der Waals surface area contributed by atoms with Gasteiger partial charge in [-0.25, -0.2) is 0 Å². The number of alkyl halides is 3. The third-order valence-electron chi connectivity index (χ3n) is 5.99. The number of ether oxygens (including phenoxy) is 4. The standard InChI is InChI=1S/C36H49F3O7S2/c1-24-14-16-25(17-15-24)47(46-48(40,41)36(37,38)39,26-18-20-28(42-32(2,3)4)30(22-26)44-34(8,9)10)27-19-21-29(43-33(5,6)7)31(23-27)45-35(11,12)13/h14-23H,1-13H3. The maximum absolute atomic E-state index is 14.3. The molecule has 0 aliphatic rings. The van der Waals surface area contributed by atoms with E-state index in [0.29, 0.717) is 11.5 Å². The van der Waals surface area contributed by atoms with Crippen LogP contribution in [0.25, 0.3) is 0 Å². The highest BCUT2D eigenvalue weighted by Gasteiger charge is 2.53. The lowest BCUT2D eigenvalue weighted by atomic mass is 10.1. The van der Waals surface area contributed by atoms with Gasteiger partial charge in [-0.2, -0.15) is 25.2 Å². The van der Waals surface area contributed by atoms with E-state index in [9.17, 15) is 21.6 Å². The molecule has 3 aromatic rings. The highest BCUT2D eigenvalue weighted by Crippen LogP contribution is 2.72. The fourth-order valence-electron chi connectivity index (χ4n) is 4.41. The molecule has 0 bridgehead atoms. The summed E-state index contributed by atoms with van der Waals surface area (Å²) in [5, 5.41) is 0. The fourth-order valence-corrected chi connectivity index (χ4v) is 9.14. The second-order valence-electron chi connectivity index (χ2n) is 15.4. The van der Waals surface area contributed by atoms with E-state index in [-0.39, 0.29) is 26.2 Å². The predicted octanol–water partition coefficient (Wildman–Crippen LogP) is 10.8. The molecule has 0 fully saturated rings. The molecule has 0 saturated heterocycles. The largest absolute Gasteiger partial charge is 0.524 e. The normalized spacial score (nSPS) is 14.0. The molecule has 0 unspecified atom stereocenters. The highest BCUT2D eigenvalue weighted by molar-refractivity contribution is 8.33. The van der Waals surface area contributed by atoms with Crippen molar-refractivity contribution in [3.05, 3.63) is 66.2 Å². The molecule has 0 N–H and O–H groups in total. The van der Waals surface area contributed by atoms with Crippen molar-refractivity contribution in [2.45, 2.75) is 133 Å². The van der Waals surface area contributed by atoms with E-state index in [4.69, 9.17) is 22.6 Å². The number of rotatable bonds is 9. The van der Waals surface area contributed by atoms with Crippen molar-refractivity contribution in [1.29, 1.82) is 0 Å². The Balaban J connectivity index is 2.58. The van der Waals surface area contributed by atoms with Crippen molar-refractivity contribution < 1.29 is 44.2 Å². The van der Waals surface area contributed by atoms with Crippen LogP contribution in [-0.4, -0.2) is 36.3 Å². The van der Waals surface area contributed by atoms with Crippen LogP contribution in [0.15, 0.2) is 75.4 Å². The van der Waals surface area contributed by atoms with Crippen LogP contribution in [0, 0.1) is 6.92 Å². The molecule has 0 amide bonds. The first kappa shape index (κ1) is 39.3. The molecule has 3 rings (SSSR count). The molecule has 0 aliphatic heterocycles. The van der Waals surface area contributed by atoms with Gasteiger partial charge in [0.15, 0.2) is 23.0 Å². The maximum atomic E-state index is 14.3. The summed E-state index contributed by atoms with van der Waals surface area (Å²) in [5.41, 5.74) is -7.74. The van der Waals surface area contributed by atoms with E-state index in [2.05, 4.69) is 0 Å². The molecule has 48 heavy (non-hydrogen) atoms. The first-order valence-corrected chi connectivity index (χ1v) is 18.4. The minimum Gasteiger partial charge on any atom is -0.484 e. The van der Waals surface area contributed by atoms with E-state index >= 15 is 0 Å². The molecule has 0 saturated carbocycles. The number of benzene rings is 3. The van der Waals surface area contributed by atoms with Crippen molar-refractivity contribution in [2.75, 3.05) is 0 Å². The summed E-state index contributed by atoms with van der Waals surface area (Å²) < 4.78 is 99.7. The van der Waals surface area contributed by atoms with E-state index in [1.807, 2.05) is 90.0 Å². The van der Waals surface area contributed by atoms with Gasteiger partial charge in [0.05, 0.1) is 0 Å². The number of halogens is 3. The summed E-state index contributed by atoms with van der Waals surface area (Å²) in [5.74, 6) is 1.04. The van der Waals surface area contributed by atoms with Crippen molar-refractivity contribution in [3.63, 3.8) is 0 Å². The zero-order valence-electron chi connectivity index (χ0n) is 30.1. The average molecular weight is 715 g/mol. The van der Waals surface area contributed by atoms with Crippen molar-refractivity contribution in [3.8, 4) is 23.0 Å². The third-order valence-corrected chi connectivity index (χ3v) is 10.9. The molecule has 0 radical (unpaired) electrons. The Bertz CT molecular complexity index is 1610. The Hall–Kier alpha value is -3.09. The van der Waals surface area contributed by atoms with E-state index in [1.165, 1.54) is 24.3 Å². The van der Waals surface area contributed by atoms with Gasteiger partial charge < -0.3 is 18.9 Å². The van der Waals surface area contributed by atoms with Crippen molar-refractivity contribution >= 4 is 20.4 Å². The summed E-state index contributed by atoms with van der Waals surface area (Å²) in [6.45, 7) is 23.8. The molecule has 0 heterocycles. The monoisotopic (exact) mass is 714 g/mol. The van der Waals surface area contributed by atoms with Gasteiger partial charge in [-0.1, -0.05) is 17.7 Å². The third kappa shape index (κ3) is 10.2. The molecule has 0 aromatic heterocycles. The maximum Gasteiger partial charge on any atom is 0.524 e. The topological polar surface area (TPSA) is 80.3 Å². The van der Waals surface area contributed by atoms with Gasteiger partial charge in [-0.3, -0.25) is 0 Å². The second kappa shape index (κ2) is 13.3. The predicted molar refractivity (Wildman–Crippen MR) is 184 cm³/mol. The lowest BCUT2D eigenvalue weighted by Crippen LogP contribution is -2.28. The minimum atomic E-state index is -6.19. The lowest BCUT2D eigenvalue weighted by Gasteiger charge is -2.40. The summed E-state index contributed by atoms with van der Waals surface area (Å²) in [7, 11) is -9.94. The summed E-state index contributed by atoms with van der Waals surface area (Å²) in [6, 6.07) is 15.7. The van der Waals surface area contributed by atoms with E-state index in [1.54, 1.807) is 36.4 Å². The zero-order valence-corrected chi connectivity index (χ0v) is 31.7. The quantitative estimate of drug-likeness (QED) is 0.204. The highest BCUT2D eigenvalue weighted by atomic mass is 32.3. The molecule has 0 spiro atoms. The summed E-state index contributed by atoms with van der Waals surface area (Å²) >= 11 is 0. The minimum absolute atomic E-state index is 0.117. The second-order valence-corrected chi connectivity index (χ2v) is 19.9. The summed E-state index contributed by atoms with van der Waals surface area (Å²) in [4.78, 5) is 0.426. The lowest BCUT2D eigenvalue weighted by molar-refractivity contribution is -0.0496. The average Bonchev–Trinajstić information content (AvgIpc) is 2.86. The van der Waals surface area contributed by atoms with Crippen molar-refractivity contribution in [2.24, 2.45) is 0 Å². The smallest absolute Gasteiger partial charge is 0.484 e. The van der Waals surface area contributed by atoms with Gasteiger partial charge in [0.1, 0.15) is 22.4 Å². The Morgan fingerprint density at radius 3 is 1.10 bits per heavy atom. The Labute approximate surface area is 285 Å². The SMILES string of the molecule is Cc1ccc(S(OS(=O)(=O)C(F)(F)F)(c2ccc(OC(C)(C)C)c(OC(C)(C)C)c2)c2ccc(OC(C)(C)C)c(OC(C)(C)C)c2)cc1. The van der Waals surface area contributed by atoms with Crippen molar-refractivity contribution in [1.82, 2.24) is 0 Å². The first-order valence-electron chi connectivity index (χ1n) is 15.5. The van der Waals surface area contributed by atoms with Crippen LogP contribution >= 0.6 is 10.3 Å². The van der Waals surface area contributed by atoms with Crippen LogP contribution in [0.2, 0.25) is 0 Å². The Kier molecular flexibility index (Phi) is 10.9. The van der Waals surface area contributed by atoms with Crippen LogP contribution < -0.4 is 18.9 Å². The molecule has 7 nitrogen and oxygen atoms in total. The molecule has 0 aliphatic carbocycles. The fraction of sp³-hybridized carbons (Fsp3) is 0.500. The molecular weight excluding hydrogens is 666 g/mol. The van der Waals surface area contributed by atoms with Crippen LogP contribution in [0.4, 0.5) is 13.2 Å². The van der Waals surface area contributed by atoms with Crippen LogP contribution in [0.3, 0.4) is 0 Å². The summed E-state index contributed by atoms with van der Waals surface area (Å²) in [6.07, 6.45) is 0. The van der Waals surface area contributed by atoms with E-state index < -0.39 is 48.3 Å². The molecule has 0 atom stereocenters. The van der Waals surface area contributed by atoms with Gasteiger partial charge in [0.2, 0.25) is 0 Å². The Morgan fingerprint density at radius 1 is 0.479 bits per heavy atom. The van der Waals surface area contributed by atoms with Gasteiger partial charge in [-0.05, 0) is 149 Å². The van der Waals surface area contributed by atoms with Gasteiger partial charge >= 0.3 is 15.6 Å². The molecule has 12 heteroatoms. The molecule has 3 aromatic carbocycles. The first-order chi connectivity index (χ1) is 21.5. The number of hydrogen-bond acceptors (Lipinski definition) is 7. The van der Waals surface area contributed by atoms with E-state index in [0.717, 1.165) is 5.56 Å². The molecular formula is C36H49F3O7S2. The van der Waals surface area contributed by atoms with Gasteiger partial charge in [0, 0.05) is 14.7 Å². The van der Waals surface area contributed by atoms with Gasteiger partial charge in [-0.15, -0.1) is 0 Å². The number of hydrogen-bond donors (Lipinski definition) is 0. The Morgan fingerprint density at radius 2 is 0.792 bits per heavy atom. The zero-order chi connectivity index (χ0) is 36.7. The van der Waals surface area contributed by atoms with Crippen LogP contribution in [-0.2, 0) is 13.7 Å². The van der Waals surface area contributed by atoms with Crippen LogP contribution in [0.5, 0.6) is 23.0 Å². The number of aryl methyl sites for hydroxylation is 1.